The zero-order valence-corrected chi connectivity index (χ0v) is 16.0. The van der Waals surface area contributed by atoms with Crippen LogP contribution in [0, 0.1) is 0 Å². The van der Waals surface area contributed by atoms with Crippen molar-refractivity contribution in [3.63, 3.8) is 0 Å². The van der Waals surface area contributed by atoms with Gasteiger partial charge < -0.3 is 15.1 Å². The minimum absolute atomic E-state index is 0.139. The van der Waals surface area contributed by atoms with E-state index >= 15 is 0 Å². The highest BCUT2D eigenvalue weighted by Gasteiger charge is 2.34. The Kier molecular flexibility index (Phi) is 4.20. The molecule has 2 N–H and O–H groups in total. The normalized spacial score (nSPS) is 18.6. The van der Waals surface area contributed by atoms with Gasteiger partial charge in [-0.3, -0.25) is 4.79 Å². The van der Waals surface area contributed by atoms with Gasteiger partial charge in [-0.2, -0.15) is 13.2 Å². The van der Waals surface area contributed by atoms with E-state index in [9.17, 15) is 18.0 Å². The van der Waals surface area contributed by atoms with Crippen molar-refractivity contribution >= 4 is 22.2 Å². The minimum atomic E-state index is -4.42. The summed E-state index contributed by atoms with van der Waals surface area (Å²) in [7, 11) is 0. The largest absolute Gasteiger partial charge is 0.457 e. The molecule has 1 atom stereocenters. The highest BCUT2D eigenvalue weighted by atomic mass is 32.1. The van der Waals surface area contributed by atoms with Gasteiger partial charge in [0.2, 0.25) is 0 Å². The first-order valence-electron chi connectivity index (χ1n) is 9.39. The third-order valence-corrected chi connectivity index (χ3v) is 6.56. The number of amides is 1. The van der Waals surface area contributed by atoms with Crippen molar-refractivity contribution in [2.45, 2.75) is 38.0 Å². The first-order valence-corrected chi connectivity index (χ1v) is 10.2. The number of aryl methyl sites for hydroxylation is 1. The van der Waals surface area contributed by atoms with Crippen LogP contribution in [0.5, 0.6) is 0 Å². The van der Waals surface area contributed by atoms with Crippen LogP contribution in [0.4, 0.5) is 18.2 Å². The molecule has 0 fully saturated rings. The molecule has 8 heteroatoms. The number of furan rings is 1. The SMILES string of the molecule is O=C1N[C@H](c2ccc(-c3cccc(C(F)(F)F)c3)o2)Nc2sc3c(c21)CCCC3. The lowest BCUT2D eigenvalue weighted by molar-refractivity contribution is -0.137. The van der Waals surface area contributed by atoms with Crippen molar-refractivity contribution in [2.75, 3.05) is 5.32 Å². The summed E-state index contributed by atoms with van der Waals surface area (Å²) in [6.07, 6.45) is -0.843. The van der Waals surface area contributed by atoms with Crippen LogP contribution in [0.1, 0.15) is 51.1 Å². The van der Waals surface area contributed by atoms with E-state index in [1.54, 1.807) is 29.5 Å². The number of hydrogen-bond donors (Lipinski definition) is 2. The Morgan fingerprint density at radius 3 is 2.72 bits per heavy atom. The Morgan fingerprint density at radius 2 is 1.90 bits per heavy atom. The summed E-state index contributed by atoms with van der Waals surface area (Å²) >= 11 is 1.61. The van der Waals surface area contributed by atoms with Crippen molar-refractivity contribution in [2.24, 2.45) is 0 Å². The molecule has 1 aliphatic carbocycles. The third kappa shape index (κ3) is 3.21. The van der Waals surface area contributed by atoms with Crippen LogP contribution >= 0.6 is 11.3 Å². The second-order valence-corrected chi connectivity index (χ2v) is 8.35. The lowest BCUT2D eigenvalue weighted by Gasteiger charge is -2.25. The van der Waals surface area contributed by atoms with Crippen LogP contribution < -0.4 is 10.6 Å². The topological polar surface area (TPSA) is 54.3 Å². The number of rotatable bonds is 2. The van der Waals surface area contributed by atoms with E-state index < -0.39 is 17.9 Å². The number of fused-ring (bicyclic) bond motifs is 3. The predicted octanol–water partition coefficient (Wildman–Crippen LogP) is 5.76. The lowest BCUT2D eigenvalue weighted by Crippen LogP contribution is -2.38. The highest BCUT2D eigenvalue weighted by molar-refractivity contribution is 7.16. The first kappa shape index (κ1) is 18.3. The number of carbonyl (C=O) groups excluding carboxylic acids is 1. The van der Waals surface area contributed by atoms with Crippen LogP contribution in [-0.2, 0) is 19.0 Å². The molecule has 1 aromatic carbocycles. The van der Waals surface area contributed by atoms with E-state index in [4.69, 9.17) is 4.42 Å². The molecular weight excluding hydrogens is 401 g/mol. The summed E-state index contributed by atoms with van der Waals surface area (Å²) in [5.41, 5.74) is 1.47. The van der Waals surface area contributed by atoms with E-state index in [1.165, 1.54) is 10.9 Å². The van der Waals surface area contributed by atoms with Gasteiger partial charge in [-0.15, -0.1) is 11.3 Å². The van der Waals surface area contributed by atoms with Crippen molar-refractivity contribution in [3.8, 4) is 11.3 Å². The van der Waals surface area contributed by atoms with Crippen LogP contribution in [0.3, 0.4) is 0 Å². The number of hydrogen-bond acceptors (Lipinski definition) is 4. The van der Waals surface area contributed by atoms with Crippen LogP contribution in [-0.4, -0.2) is 5.91 Å². The molecule has 0 spiro atoms. The van der Waals surface area contributed by atoms with Gasteiger partial charge in [-0.05, 0) is 55.5 Å². The lowest BCUT2D eigenvalue weighted by atomic mass is 9.94. The maximum Gasteiger partial charge on any atom is 0.416 e. The Balaban J connectivity index is 1.43. The monoisotopic (exact) mass is 418 g/mol. The number of nitrogens with one attached hydrogen (secondary N) is 2. The molecule has 1 aliphatic heterocycles. The Labute approximate surface area is 168 Å². The highest BCUT2D eigenvalue weighted by Crippen LogP contribution is 2.42. The molecule has 5 rings (SSSR count). The van der Waals surface area contributed by atoms with Crippen molar-refractivity contribution in [1.82, 2.24) is 5.32 Å². The molecule has 1 amide bonds. The van der Waals surface area contributed by atoms with Crippen LogP contribution in [0.15, 0.2) is 40.8 Å². The summed E-state index contributed by atoms with van der Waals surface area (Å²) in [6, 6.07) is 8.29. The number of carbonyl (C=O) groups is 1. The van der Waals surface area contributed by atoms with E-state index in [1.807, 2.05) is 0 Å². The van der Waals surface area contributed by atoms with Crippen molar-refractivity contribution in [3.05, 3.63) is 63.7 Å². The maximum atomic E-state index is 13.0. The molecule has 3 aromatic rings. The van der Waals surface area contributed by atoms with E-state index in [-0.39, 0.29) is 5.91 Å². The molecule has 2 aliphatic rings. The van der Waals surface area contributed by atoms with Gasteiger partial charge in [0.15, 0.2) is 6.17 Å². The standard InChI is InChI=1S/C21H17F3N2O2S/c22-21(23,24)12-5-3-4-11(10-12)14-8-9-15(28-14)18-25-19(27)17-13-6-1-2-7-16(13)29-20(17)26-18/h3-5,8-10,18,26H,1-2,6-7H2,(H,25,27)/t18-/m0/s1. The zero-order chi connectivity index (χ0) is 20.2. The van der Waals surface area contributed by atoms with E-state index in [0.717, 1.165) is 53.9 Å². The second-order valence-electron chi connectivity index (χ2n) is 7.25. The fourth-order valence-corrected chi connectivity index (χ4v) is 5.25. The van der Waals surface area contributed by atoms with Crippen molar-refractivity contribution < 1.29 is 22.4 Å². The van der Waals surface area contributed by atoms with E-state index in [0.29, 0.717) is 17.1 Å². The number of halogens is 3. The number of benzene rings is 1. The summed E-state index contributed by atoms with van der Waals surface area (Å²) in [4.78, 5) is 14.0. The number of alkyl halides is 3. The Morgan fingerprint density at radius 1 is 1.07 bits per heavy atom. The molecular formula is C21H17F3N2O2S. The van der Waals surface area contributed by atoms with Gasteiger partial charge >= 0.3 is 6.18 Å². The first-order chi connectivity index (χ1) is 13.9. The fraction of sp³-hybridized carbons (Fsp3) is 0.286. The zero-order valence-electron chi connectivity index (χ0n) is 15.2. The van der Waals surface area contributed by atoms with Crippen molar-refractivity contribution in [1.29, 1.82) is 0 Å². The molecule has 0 saturated carbocycles. The fourth-order valence-electron chi connectivity index (χ4n) is 3.93. The summed E-state index contributed by atoms with van der Waals surface area (Å²) in [5.74, 6) is 0.626. The van der Waals surface area contributed by atoms with Crippen LogP contribution in [0.25, 0.3) is 11.3 Å². The minimum Gasteiger partial charge on any atom is -0.457 e. The van der Waals surface area contributed by atoms with Gasteiger partial charge in [-0.1, -0.05) is 12.1 Å². The molecule has 4 nitrogen and oxygen atoms in total. The van der Waals surface area contributed by atoms with Gasteiger partial charge in [0, 0.05) is 10.4 Å². The Bertz CT molecular complexity index is 1100. The summed E-state index contributed by atoms with van der Waals surface area (Å²) in [5, 5.41) is 7.06. The van der Waals surface area contributed by atoms with Gasteiger partial charge in [0.25, 0.3) is 5.91 Å². The molecule has 3 heterocycles. The number of anilines is 1. The third-order valence-electron chi connectivity index (χ3n) is 5.33. The summed E-state index contributed by atoms with van der Waals surface area (Å²) in [6.45, 7) is 0. The average molecular weight is 418 g/mol. The quantitative estimate of drug-likeness (QED) is 0.556. The smallest absolute Gasteiger partial charge is 0.416 e. The summed E-state index contributed by atoms with van der Waals surface area (Å²) < 4.78 is 44.7. The maximum absolute atomic E-state index is 13.0. The van der Waals surface area contributed by atoms with Crippen LogP contribution in [0.2, 0.25) is 0 Å². The molecule has 0 saturated heterocycles. The molecule has 2 aromatic heterocycles. The predicted molar refractivity (Wildman–Crippen MR) is 104 cm³/mol. The second kappa shape index (κ2) is 6.66. The van der Waals surface area contributed by atoms with Gasteiger partial charge in [0.05, 0.1) is 11.1 Å². The molecule has 29 heavy (non-hydrogen) atoms. The van der Waals surface area contributed by atoms with Gasteiger partial charge in [0.1, 0.15) is 16.5 Å². The molecule has 150 valence electrons. The molecule has 0 bridgehead atoms. The van der Waals surface area contributed by atoms with E-state index in [2.05, 4.69) is 10.6 Å². The average Bonchev–Trinajstić information content (AvgIpc) is 3.32. The number of thiophene rings is 1. The Hall–Kier alpha value is -2.74. The molecule has 0 radical (unpaired) electrons. The molecule has 0 unspecified atom stereocenters. The van der Waals surface area contributed by atoms with Gasteiger partial charge in [-0.25, -0.2) is 0 Å².